The zero-order valence-electron chi connectivity index (χ0n) is 8.73. The fourth-order valence-corrected chi connectivity index (χ4v) is 2.66. The fourth-order valence-electron chi connectivity index (χ4n) is 2.66. The van der Waals surface area contributed by atoms with Gasteiger partial charge in [0.05, 0.1) is 0 Å². The van der Waals surface area contributed by atoms with Gasteiger partial charge in [-0.2, -0.15) is 0 Å². The molecule has 1 heterocycles. The molecule has 1 saturated heterocycles. The minimum absolute atomic E-state index is 1.03. The highest BCUT2D eigenvalue weighted by Gasteiger charge is 2.18. The number of rotatable bonds is 1. The van der Waals surface area contributed by atoms with Crippen LogP contribution < -0.4 is 5.32 Å². The van der Waals surface area contributed by atoms with Crippen molar-refractivity contribution in [2.45, 2.75) is 45.4 Å². The second kappa shape index (κ2) is 4.28. The molecular weight excluding hydrogens is 158 g/mol. The van der Waals surface area contributed by atoms with E-state index in [1.807, 2.05) is 0 Å². The molecule has 0 amide bonds. The van der Waals surface area contributed by atoms with Crippen LogP contribution in [0.25, 0.3) is 0 Å². The second-order valence-corrected chi connectivity index (χ2v) is 4.49. The highest BCUT2D eigenvalue weighted by Crippen LogP contribution is 2.33. The Kier molecular flexibility index (Phi) is 3.05. The molecule has 1 heteroatoms. The summed E-state index contributed by atoms with van der Waals surface area (Å²) in [5, 5.41) is 3.44. The molecule has 1 saturated carbocycles. The molecule has 0 spiro atoms. The molecule has 74 valence electrons. The average molecular weight is 179 g/mol. The fraction of sp³-hybridized carbons (Fsp3) is 0.833. The van der Waals surface area contributed by atoms with Crippen molar-refractivity contribution in [1.29, 1.82) is 0 Å². The van der Waals surface area contributed by atoms with E-state index in [2.05, 4.69) is 12.2 Å². The summed E-state index contributed by atoms with van der Waals surface area (Å²) in [4.78, 5) is 0. The summed E-state index contributed by atoms with van der Waals surface area (Å²) >= 11 is 0. The number of hydrogen-bond acceptors (Lipinski definition) is 1. The summed E-state index contributed by atoms with van der Waals surface area (Å²) in [5.74, 6) is 1.03. The highest BCUT2D eigenvalue weighted by molar-refractivity contribution is 5.20. The first-order chi connectivity index (χ1) is 6.40. The average Bonchev–Trinajstić information content (AvgIpc) is 2.71. The summed E-state index contributed by atoms with van der Waals surface area (Å²) in [6, 6.07) is 0. The molecule has 2 rings (SSSR count). The smallest absolute Gasteiger partial charge is 0.0167 e. The van der Waals surface area contributed by atoms with Crippen molar-refractivity contribution >= 4 is 0 Å². The number of hydrogen-bond donors (Lipinski definition) is 1. The maximum absolute atomic E-state index is 3.44. The van der Waals surface area contributed by atoms with Crippen LogP contribution in [0.3, 0.4) is 0 Å². The van der Waals surface area contributed by atoms with Gasteiger partial charge < -0.3 is 5.32 Å². The Labute approximate surface area is 81.6 Å². The molecule has 0 unspecified atom stereocenters. The number of allylic oxidation sites excluding steroid dienone is 1. The normalized spacial score (nSPS) is 29.8. The lowest BCUT2D eigenvalue weighted by molar-refractivity contribution is 0.395. The summed E-state index contributed by atoms with van der Waals surface area (Å²) < 4.78 is 0. The van der Waals surface area contributed by atoms with Gasteiger partial charge in [-0.05, 0) is 44.6 Å². The van der Waals surface area contributed by atoms with Crippen LogP contribution in [0.1, 0.15) is 45.4 Å². The molecule has 1 nitrogen and oxygen atoms in total. The Bertz CT molecular complexity index is 187. The van der Waals surface area contributed by atoms with E-state index in [0.29, 0.717) is 0 Å². The van der Waals surface area contributed by atoms with Crippen LogP contribution in [0.15, 0.2) is 11.1 Å². The van der Waals surface area contributed by atoms with Crippen molar-refractivity contribution in [3.8, 4) is 0 Å². The van der Waals surface area contributed by atoms with Gasteiger partial charge in [0.15, 0.2) is 0 Å². The van der Waals surface area contributed by atoms with E-state index in [1.165, 1.54) is 51.6 Å². The Balaban J connectivity index is 1.93. The third-order valence-corrected chi connectivity index (χ3v) is 3.73. The monoisotopic (exact) mass is 179 g/mol. The van der Waals surface area contributed by atoms with Crippen LogP contribution in [0.2, 0.25) is 0 Å². The van der Waals surface area contributed by atoms with E-state index in [0.717, 1.165) is 5.92 Å². The molecule has 0 bridgehead atoms. The first-order valence-electron chi connectivity index (χ1n) is 5.80. The molecule has 2 aliphatic rings. The molecule has 0 aromatic rings. The lowest BCUT2D eigenvalue weighted by Gasteiger charge is -2.24. The largest absolute Gasteiger partial charge is 0.313 e. The lowest BCUT2D eigenvalue weighted by Crippen LogP contribution is -2.10. The Morgan fingerprint density at radius 1 is 1.15 bits per heavy atom. The van der Waals surface area contributed by atoms with Gasteiger partial charge in [0.25, 0.3) is 0 Å². The van der Waals surface area contributed by atoms with Gasteiger partial charge in [-0.15, -0.1) is 0 Å². The van der Waals surface area contributed by atoms with Gasteiger partial charge in [-0.1, -0.05) is 24.5 Å². The van der Waals surface area contributed by atoms with E-state index < -0.39 is 0 Å². The van der Waals surface area contributed by atoms with Crippen LogP contribution in [0, 0.1) is 5.92 Å². The molecule has 1 aliphatic heterocycles. The topological polar surface area (TPSA) is 12.0 Å². The summed E-state index contributed by atoms with van der Waals surface area (Å²) in [6.07, 6.45) is 8.42. The SMILES string of the molecule is CCC1CCC(=C2CCNC2)CC1. The van der Waals surface area contributed by atoms with E-state index in [9.17, 15) is 0 Å². The van der Waals surface area contributed by atoms with Crippen molar-refractivity contribution in [1.82, 2.24) is 5.32 Å². The van der Waals surface area contributed by atoms with Crippen molar-refractivity contribution in [3.63, 3.8) is 0 Å². The highest BCUT2D eigenvalue weighted by atomic mass is 14.9. The van der Waals surface area contributed by atoms with Gasteiger partial charge in [0.1, 0.15) is 0 Å². The van der Waals surface area contributed by atoms with Crippen LogP contribution in [0.4, 0.5) is 0 Å². The predicted molar refractivity (Wildman–Crippen MR) is 56.8 cm³/mol. The van der Waals surface area contributed by atoms with E-state index in [4.69, 9.17) is 0 Å². The minimum Gasteiger partial charge on any atom is -0.313 e. The van der Waals surface area contributed by atoms with Gasteiger partial charge in [-0.25, -0.2) is 0 Å². The molecule has 13 heavy (non-hydrogen) atoms. The molecule has 2 fully saturated rings. The van der Waals surface area contributed by atoms with E-state index in [1.54, 1.807) is 11.1 Å². The standard InChI is InChI=1S/C12H21N/c1-2-10-3-5-11(6-4-10)12-7-8-13-9-12/h10,13H,2-9H2,1H3. The number of nitrogens with one attached hydrogen (secondary N) is 1. The Morgan fingerprint density at radius 3 is 2.46 bits per heavy atom. The quantitative estimate of drug-likeness (QED) is 0.610. The van der Waals surface area contributed by atoms with Crippen molar-refractivity contribution < 1.29 is 0 Å². The molecule has 1 N–H and O–H groups in total. The maximum Gasteiger partial charge on any atom is 0.0167 e. The third kappa shape index (κ3) is 2.14. The summed E-state index contributed by atoms with van der Waals surface area (Å²) in [7, 11) is 0. The Hall–Kier alpha value is -0.300. The zero-order chi connectivity index (χ0) is 9.10. The van der Waals surface area contributed by atoms with Gasteiger partial charge in [-0.3, -0.25) is 0 Å². The summed E-state index contributed by atoms with van der Waals surface area (Å²) in [5.41, 5.74) is 3.55. The second-order valence-electron chi connectivity index (χ2n) is 4.49. The Morgan fingerprint density at radius 2 is 1.92 bits per heavy atom. The first kappa shape index (κ1) is 9.26. The predicted octanol–water partition coefficient (Wildman–Crippen LogP) is 2.88. The molecule has 0 radical (unpaired) electrons. The van der Waals surface area contributed by atoms with Crippen LogP contribution >= 0.6 is 0 Å². The first-order valence-corrected chi connectivity index (χ1v) is 5.80. The molecule has 0 aromatic carbocycles. The molecule has 0 atom stereocenters. The van der Waals surface area contributed by atoms with Gasteiger partial charge >= 0.3 is 0 Å². The third-order valence-electron chi connectivity index (χ3n) is 3.73. The molecule has 1 aliphatic carbocycles. The minimum atomic E-state index is 1.03. The van der Waals surface area contributed by atoms with Crippen molar-refractivity contribution in [3.05, 3.63) is 11.1 Å². The molecule has 0 aromatic heterocycles. The van der Waals surface area contributed by atoms with Crippen LogP contribution in [0.5, 0.6) is 0 Å². The van der Waals surface area contributed by atoms with Crippen LogP contribution in [-0.4, -0.2) is 13.1 Å². The lowest BCUT2D eigenvalue weighted by atomic mass is 9.82. The van der Waals surface area contributed by atoms with E-state index in [-0.39, 0.29) is 0 Å². The van der Waals surface area contributed by atoms with Gasteiger partial charge in [0.2, 0.25) is 0 Å². The van der Waals surface area contributed by atoms with Crippen molar-refractivity contribution in [2.75, 3.05) is 13.1 Å². The summed E-state index contributed by atoms with van der Waals surface area (Å²) in [6.45, 7) is 4.74. The zero-order valence-corrected chi connectivity index (χ0v) is 8.73. The maximum atomic E-state index is 3.44. The van der Waals surface area contributed by atoms with E-state index >= 15 is 0 Å². The van der Waals surface area contributed by atoms with Crippen molar-refractivity contribution in [2.24, 2.45) is 5.92 Å². The molecular formula is C12H21N. The van der Waals surface area contributed by atoms with Gasteiger partial charge in [0, 0.05) is 6.54 Å². The van der Waals surface area contributed by atoms with Crippen LogP contribution in [-0.2, 0) is 0 Å².